The maximum absolute atomic E-state index is 11.6. The van der Waals surface area contributed by atoms with Gasteiger partial charge in [0, 0.05) is 26.2 Å². The van der Waals surface area contributed by atoms with Gasteiger partial charge in [0.25, 0.3) is 11.4 Å². The first-order chi connectivity index (χ1) is 8.22. The third-order valence-corrected chi connectivity index (χ3v) is 2.93. The molecule has 2 rings (SSSR count). The SMILES string of the molecule is CCCOc1nn(C)c(=O)cc1N1CCCC1. The summed E-state index contributed by atoms with van der Waals surface area (Å²) in [6.45, 7) is 4.65. The lowest BCUT2D eigenvalue weighted by atomic mass is 10.4. The van der Waals surface area contributed by atoms with Crippen molar-refractivity contribution >= 4 is 5.69 Å². The molecule has 1 aromatic heterocycles. The van der Waals surface area contributed by atoms with E-state index in [1.165, 1.54) is 17.5 Å². The summed E-state index contributed by atoms with van der Waals surface area (Å²) in [5.41, 5.74) is 0.759. The van der Waals surface area contributed by atoms with E-state index in [1.807, 2.05) is 0 Å². The third kappa shape index (κ3) is 2.60. The Balaban J connectivity index is 2.32. The van der Waals surface area contributed by atoms with Crippen molar-refractivity contribution in [2.45, 2.75) is 26.2 Å². The van der Waals surface area contributed by atoms with E-state index in [9.17, 15) is 4.79 Å². The molecule has 1 aromatic rings. The highest BCUT2D eigenvalue weighted by atomic mass is 16.5. The van der Waals surface area contributed by atoms with Crippen LogP contribution in [0.5, 0.6) is 5.88 Å². The van der Waals surface area contributed by atoms with Gasteiger partial charge in [0.1, 0.15) is 5.69 Å². The van der Waals surface area contributed by atoms with E-state index < -0.39 is 0 Å². The molecule has 0 radical (unpaired) electrons. The van der Waals surface area contributed by atoms with Crippen LogP contribution in [0.4, 0.5) is 5.69 Å². The van der Waals surface area contributed by atoms with Crippen LogP contribution in [-0.4, -0.2) is 29.5 Å². The van der Waals surface area contributed by atoms with Crippen molar-refractivity contribution in [3.63, 3.8) is 0 Å². The quantitative estimate of drug-likeness (QED) is 0.788. The van der Waals surface area contributed by atoms with E-state index >= 15 is 0 Å². The lowest BCUT2D eigenvalue weighted by Crippen LogP contribution is -2.26. The Morgan fingerprint density at radius 1 is 1.41 bits per heavy atom. The van der Waals surface area contributed by atoms with E-state index in [2.05, 4.69) is 16.9 Å². The van der Waals surface area contributed by atoms with Gasteiger partial charge in [-0.05, 0) is 19.3 Å². The molecule has 5 heteroatoms. The maximum atomic E-state index is 11.6. The summed E-state index contributed by atoms with van der Waals surface area (Å²) < 4.78 is 6.95. The number of rotatable bonds is 4. The number of nitrogens with zero attached hydrogens (tertiary/aromatic N) is 3. The van der Waals surface area contributed by atoms with Gasteiger partial charge in [-0.15, -0.1) is 5.10 Å². The smallest absolute Gasteiger partial charge is 0.268 e. The summed E-state index contributed by atoms with van der Waals surface area (Å²) >= 11 is 0. The summed E-state index contributed by atoms with van der Waals surface area (Å²) in [5.74, 6) is 0.579. The number of aryl methyl sites for hydroxylation is 1. The van der Waals surface area contributed by atoms with Crippen LogP contribution in [0, 0.1) is 0 Å². The molecular formula is C12H19N3O2. The number of aromatic nitrogens is 2. The Labute approximate surface area is 101 Å². The highest BCUT2D eigenvalue weighted by molar-refractivity contribution is 5.54. The maximum Gasteiger partial charge on any atom is 0.268 e. The Morgan fingerprint density at radius 3 is 2.76 bits per heavy atom. The summed E-state index contributed by atoms with van der Waals surface area (Å²) in [5, 5.41) is 4.20. The van der Waals surface area contributed by atoms with E-state index in [0.29, 0.717) is 12.5 Å². The van der Waals surface area contributed by atoms with Gasteiger partial charge in [-0.3, -0.25) is 4.79 Å². The molecule has 0 amide bonds. The molecule has 94 valence electrons. The monoisotopic (exact) mass is 237 g/mol. The van der Waals surface area contributed by atoms with Crippen molar-refractivity contribution in [3.05, 3.63) is 16.4 Å². The van der Waals surface area contributed by atoms with Gasteiger partial charge in [-0.25, -0.2) is 4.68 Å². The molecule has 1 aliphatic heterocycles. The van der Waals surface area contributed by atoms with Gasteiger partial charge in [0.05, 0.1) is 6.61 Å². The molecule has 0 spiro atoms. The first-order valence-corrected chi connectivity index (χ1v) is 6.18. The normalized spacial score (nSPS) is 15.3. The van der Waals surface area contributed by atoms with Crippen LogP contribution >= 0.6 is 0 Å². The van der Waals surface area contributed by atoms with Gasteiger partial charge in [-0.2, -0.15) is 0 Å². The summed E-state index contributed by atoms with van der Waals surface area (Å²) in [7, 11) is 1.65. The summed E-state index contributed by atoms with van der Waals surface area (Å²) in [6, 6.07) is 1.63. The van der Waals surface area contributed by atoms with Gasteiger partial charge in [0.2, 0.25) is 0 Å². The molecule has 0 unspecified atom stereocenters. The Hall–Kier alpha value is -1.52. The predicted octanol–water partition coefficient (Wildman–Crippen LogP) is 1.17. The van der Waals surface area contributed by atoms with Crippen molar-refractivity contribution in [3.8, 4) is 5.88 Å². The molecule has 1 aliphatic rings. The minimum atomic E-state index is -0.0873. The van der Waals surface area contributed by atoms with Gasteiger partial charge in [-0.1, -0.05) is 6.92 Å². The molecule has 0 aromatic carbocycles. The topological polar surface area (TPSA) is 47.4 Å². The second kappa shape index (κ2) is 5.21. The van der Waals surface area contributed by atoms with Gasteiger partial charge < -0.3 is 9.64 Å². The zero-order valence-corrected chi connectivity index (χ0v) is 10.5. The minimum absolute atomic E-state index is 0.0873. The number of anilines is 1. The van der Waals surface area contributed by atoms with Crippen LogP contribution in [-0.2, 0) is 7.05 Å². The molecule has 0 atom stereocenters. The third-order valence-electron chi connectivity index (χ3n) is 2.93. The van der Waals surface area contributed by atoms with E-state index in [1.54, 1.807) is 13.1 Å². The molecule has 0 aliphatic carbocycles. The van der Waals surface area contributed by atoms with Crippen molar-refractivity contribution in [1.29, 1.82) is 0 Å². The second-order valence-electron chi connectivity index (χ2n) is 4.34. The average molecular weight is 237 g/mol. The lowest BCUT2D eigenvalue weighted by Gasteiger charge is -2.20. The fourth-order valence-corrected chi connectivity index (χ4v) is 1.99. The van der Waals surface area contributed by atoms with Crippen molar-refractivity contribution in [2.75, 3.05) is 24.6 Å². The summed E-state index contributed by atoms with van der Waals surface area (Å²) in [6.07, 6.45) is 3.27. The first kappa shape index (κ1) is 12.0. The van der Waals surface area contributed by atoms with Crippen molar-refractivity contribution in [2.24, 2.45) is 7.05 Å². The van der Waals surface area contributed by atoms with Crippen LogP contribution < -0.4 is 15.2 Å². The molecule has 2 heterocycles. The zero-order valence-electron chi connectivity index (χ0n) is 10.5. The second-order valence-corrected chi connectivity index (χ2v) is 4.34. The molecule has 1 fully saturated rings. The fraction of sp³-hybridized carbons (Fsp3) is 0.667. The van der Waals surface area contributed by atoms with E-state index in [0.717, 1.165) is 25.2 Å². The number of hydrogen-bond donors (Lipinski definition) is 0. The molecule has 5 nitrogen and oxygen atoms in total. The van der Waals surface area contributed by atoms with E-state index in [-0.39, 0.29) is 5.56 Å². The van der Waals surface area contributed by atoms with Crippen LogP contribution in [0.3, 0.4) is 0 Å². The molecule has 17 heavy (non-hydrogen) atoms. The lowest BCUT2D eigenvalue weighted by molar-refractivity contribution is 0.297. The Morgan fingerprint density at radius 2 is 2.12 bits per heavy atom. The predicted molar refractivity (Wildman–Crippen MR) is 66.7 cm³/mol. The minimum Gasteiger partial charge on any atom is -0.475 e. The molecular weight excluding hydrogens is 218 g/mol. The van der Waals surface area contributed by atoms with Crippen LogP contribution in [0.15, 0.2) is 10.9 Å². The van der Waals surface area contributed by atoms with Crippen LogP contribution in [0.1, 0.15) is 26.2 Å². The first-order valence-electron chi connectivity index (χ1n) is 6.18. The zero-order chi connectivity index (χ0) is 12.3. The number of hydrogen-bond acceptors (Lipinski definition) is 4. The standard InChI is InChI=1S/C12H19N3O2/c1-3-8-17-12-10(15-6-4-5-7-15)9-11(16)14(2)13-12/h9H,3-8H2,1-2H3. The molecule has 0 bridgehead atoms. The number of ether oxygens (including phenoxy) is 1. The molecule has 0 N–H and O–H groups in total. The Kier molecular flexibility index (Phi) is 3.66. The highest BCUT2D eigenvalue weighted by Gasteiger charge is 2.19. The van der Waals surface area contributed by atoms with E-state index in [4.69, 9.17) is 4.74 Å². The fourth-order valence-electron chi connectivity index (χ4n) is 1.99. The molecule has 0 saturated carbocycles. The largest absolute Gasteiger partial charge is 0.475 e. The average Bonchev–Trinajstić information content (AvgIpc) is 2.83. The van der Waals surface area contributed by atoms with Gasteiger partial charge >= 0.3 is 0 Å². The highest BCUT2D eigenvalue weighted by Crippen LogP contribution is 2.27. The van der Waals surface area contributed by atoms with Crippen LogP contribution in [0.2, 0.25) is 0 Å². The van der Waals surface area contributed by atoms with Crippen LogP contribution in [0.25, 0.3) is 0 Å². The summed E-state index contributed by atoms with van der Waals surface area (Å²) in [4.78, 5) is 13.8. The Bertz CT molecular complexity index is 436. The van der Waals surface area contributed by atoms with Gasteiger partial charge in [0.15, 0.2) is 0 Å². The van der Waals surface area contributed by atoms with Crippen molar-refractivity contribution in [1.82, 2.24) is 9.78 Å². The molecule has 1 saturated heterocycles. The van der Waals surface area contributed by atoms with Crippen molar-refractivity contribution < 1.29 is 4.74 Å².